The highest BCUT2D eigenvalue weighted by Crippen LogP contribution is 2.11. The molecule has 0 unspecified atom stereocenters. The monoisotopic (exact) mass is 340 g/mol. The molecular weight excluding hydrogens is 320 g/mol. The van der Waals surface area contributed by atoms with Gasteiger partial charge in [-0.15, -0.1) is 11.6 Å². The molecule has 0 bridgehead atoms. The van der Waals surface area contributed by atoms with Crippen LogP contribution in [0.4, 0.5) is 5.69 Å². The number of carbonyl (C=O) groups excluding carboxylic acids is 3. The summed E-state index contributed by atoms with van der Waals surface area (Å²) in [6, 6.07) is 6.45. The van der Waals surface area contributed by atoms with Crippen LogP contribution in [0.25, 0.3) is 0 Å². The van der Waals surface area contributed by atoms with E-state index in [4.69, 9.17) is 16.3 Å². The fourth-order valence-corrected chi connectivity index (χ4v) is 1.76. The second-order valence-corrected chi connectivity index (χ2v) is 5.12. The third-order valence-electron chi connectivity index (χ3n) is 2.93. The zero-order valence-corrected chi connectivity index (χ0v) is 13.8. The van der Waals surface area contributed by atoms with Crippen LogP contribution in [0.15, 0.2) is 24.3 Å². The Kier molecular flexibility index (Phi) is 8.75. The van der Waals surface area contributed by atoms with Crippen molar-refractivity contribution in [2.24, 2.45) is 0 Å². The minimum Gasteiger partial charge on any atom is -0.462 e. The van der Waals surface area contributed by atoms with Gasteiger partial charge in [0.05, 0.1) is 12.2 Å². The molecule has 6 nitrogen and oxygen atoms in total. The predicted molar refractivity (Wildman–Crippen MR) is 88.6 cm³/mol. The van der Waals surface area contributed by atoms with Crippen LogP contribution >= 0.6 is 11.6 Å². The van der Waals surface area contributed by atoms with Crippen molar-refractivity contribution in [2.45, 2.75) is 26.2 Å². The molecule has 1 rings (SSSR count). The van der Waals surface area contributed by atoms with Crippen LogP contribution in [-0.2, 0) is 14.3 Å². The molecule has 0 spiro atoms. The molecule has 126 valence electrons. The molecule has 2 amide bonds. The Labute approximate surface area is 140 Å². The normalized spacial score (nSPS) is 10.0. The molecule has 0 aliphatic heterocycles. The Bertz CT molecular complexity index is 531. The summed E-state index contributed by atoms with van der Waals surface area (Å²) in [5.41, 5.74) is 1.01. The standard InChI is InChI=1S/C16H21ClN2O4/c1-2-3-10-23-16(22)12-4-6-13(7-5-12)19-14(20)8-9-18-15(21)11-17/h4-7H,2-3,8-11H2,1H3,(H,18,21)(H,19,20). The molecule has 0 saturated heterocycles. The SMILES string of the molecule is CCCCOC(=O)c1ccc(NC(=O)CCNC(=O)CCl)cc1. The average molecular weight is 341 g/mol. The van der Waals surface area contributed by atoms with Crippen LogP contribution in [0.3, 0.4) is 0 Å². The molecule has 0 aromatic heterocycles. The number of nitrogens with one attached hydrogen (secondary N) is 2. The number of esters is 1. The highest BCUT2D eigenvalue weighted by molar-refractivity contribution is 6.27. The van der Waals surface area contributed by atoms with Gasteiger partial charge in [-0.05, 0) is 30.7 Å². The van der Waals surface area contributed by atoms with Gasteiger partial charge in [-0.1, -0.05) is 13.3 Å². The fraction of sp³-hybridized carbons (Fsp3) is 0.438. The number of unbranched alkanes of at least 4 members (excludes halogenated alkanes) is 1. The van der Waals surface area contributed by atoms with Gasteiger partial charge in [0.2, 0.25) is 11.8 Å². The summed E-state index contributed by atoms with van der Waals surface area (Å²) in [7, 11) is 0. The molecule has 23 heavy (non-hydrogen) atoms. The number of benzene rings is 1. The lowest BCUT2D eigenvalue weighted by Crippen LogP contribution is -2.28. The number of carbonyl (C=O) groups is 3. The Morgan fingerprint density at radius 3 is 2.43 bits per heavy atom. The number of hydrogen-bond donors (Lipinski definition) is 2. The number of rotatable bonds is 9. The molecule has 0 aliphatic carbocycles. The van der Waals surface area contributed by atoms with Crippen molar-refractivity contribution in [1.29, 1.82) is 0 Å². The van der Waals surface area contributed by atoms with Crippen LogP contribution in [0.2, 0.25) is 0 Å². The highest BCUT2D eigenvalue weighted by atomic mass is 35.5. The zero-order chi connectivity index (χ0) is 17.1. The number of alkyl halides is 1. The van der Waals surface area contributed by atoms with Gasteiger partial charge in [-0.3, -0.25) is 9.59 Å². The lowest BCUT2D eigenvalue weighted by Gasteiger charge is -2.07. The summed E-state index contributed by atoms with van der Waals surface area (Å²) >= 11 is 5.33. The molecule has 0 heterocycles. The number of hydrogen-bond acceptors (Lipinski definition) is 4. The maximum atomic E-state index is 11.7. The van der Waals surface area contributed by atoms with E-state index in [-0.39, 0.29) is 36.6 Å². The Hall–Kier alpha value is -2.08. The Balaban J connectivity index is 2.39. The minimum absolute atomic E-state index is 0.128. The van der Waals surface area contributed by atoms with Gasteiger partial charge in [0.25, 0.3) is 0 Å². The van der Waals surface area contributed by atoms with E-state index >= 15 is 0 Å². The van der Waals surface area contributed by atoms with Crippen molar-refractivity contribution < 1.29 is 19.1 Å². The molecular formula is C16H21ClN2O4. The first-order valence-corrected chi connectivity index (χ1v) is 8.00. The van der Waals surface area contributed by atoms with Crippen molar-refractivity contribution in [3.8, 4) is 0 Å². The van der Waals surface area contributed by atoms with Crippen molar-refractivity contribution in [3.63, 3.8) is 0 Å². The summed E-state index contributed by atoms with van der Waals surface area (Å²) in [5.74, 6) is -1.05. The molecule has 7 heteroatoms. The number of amides is 2. The van der Waals surface area contributed by atoms with Crippen LogP contribution in [-0.4, -0.2) is 36.8 Å². The van der Waals surface area contributed by atoms with E-state index in [1.54, 1.807) is 24.3 Å². The van der Waals surface area contributed by atoms with Crippen molar-refractivity contribution in [3.05, 3.63) is 29.8 Å². The molecule has 2 N–H and O–H groups in total. The molecule has 0 radical (unpaired) electrons. The van der Waals surface area contributed by atoms with Crippen molar-refractivity contribution >= 4 is 35.1 Å². The quantitative estimate of drug-likeness (QED) is 0.410. The average Bonchev–Trinajstić information content (AvgIpc) is 2.55. The minimum atomic E-state index is -0.375. The molecule has 1 aromatic rings. The Morgan fingerprint density at radius 1 is 1.13 bits per heavy atom. The van der Waals surface area contributed by atoms with E-state index in [1.165, 1.54) is 0 Å². The van der Waals surface area contributed by atoms with Crippen LogP contribution in [0.5, 0.6) is 0 Å². The number of halogens is 1. The summed E-state index contributed by atoms with van der Waals surface area (Å²) in [4.78, 5) is 34.3. The van der Waals surface area contributed by atoms with E-state index in [1.807, 2.05) is 6.92 Å². The van der Waals surface area contributed by atoms with E-state index in [9.17, 15) is 14.4 Å². The summed E-state index contributed by atoms with van der Waals surface area (Å²) in [6.07, 6.45) is 1.94. The maximum absolute atomic E-state index is 11.7. The molecule has 0 atom stereocenters. The van der Waals surface area contributed by atoms with Gasteiger partial charge in [0.1, 0.15) is 5.88 Å². The third-order valence-corrected chi connectivity index (χ3v) is 3.17. The van der Waals surface area contributed by atoms with Crippen molar-refractivity contribution in [1.82, 2.24) is 5.32 Å². The molecule has 1 aromatic carbocycles. The zero-order valence-electron chi connectivity index (χ0n) is 13.1. The lowest BCUT2D eigenvalue weighted by atomic mass is 10.2. The smallest absolute Gasteiger partial charge is 0.338 e. The van der Waals surface area contributed by atoms with Gasteiger partial charge >= 0.3 is 5.97 Å². The van der Waals surface area contributed by atoms with Crippen LogP contribution in [0.1, 0.15) is 36.5 Å². The molecule has 0 fully saturated rings. The number of ether oxygens (including phenoxy) is 1. The Morgan fingerprint density at radius 2 is 1.83 bits per heavy atom. The topological polar surface area (TPSA) is 84.5 Å². The van der Waals surface area contributed by atoms with E-state index in [2.05, 4.69) is 10.6 Å². The largest absolute Gasteiger partial charge is 0.462 e. The van der Waals surface area contributed by atoms with Gasteiger partial charge in [0, 0.05) is 18.7 Å². The number of anilines is 1. The summed E-state index contributed by atoms with van der Waals surface area (Å²) < 4.78 is 5.10. The first-order chi connectivity index (χ1) is 11.1. The van der Waals surface area contributed by atoms with Crippen LogP contribution in [0, 0.1) is 0 Å². The van der Waals surface area contributed by atoms with E-state index < -0.39 is 0 Å². The fourth-order valence-electron chi connectivity index (χ4n) is 1.67. The van der Waals surface area contributed by atoms with Gasteiger partial charge in [-0.2, -0.15) is 0 Å². The second kappa shape index (κ2) is 10.6. The maximum Gasteiger partial charge on any atom is 0.338 e. The third kappa shape index (κ3) is 7.65. The first-order valence-electron chi connectivity index (χ1n) is 7.46. The predicted octanol–water partition coefficient (Wildman–Crippen LogP) is 2.33. The van der Waals surface area contributed by atoms with Crippen LogP contribution < -0.4 is 10.6 Å². The van der Waals surface area contributed by atoms with Gasteiger partial charge < -0.3 is 15.4 Å². The van der Waals surface area contributed by atoms with E-state index in [0.29, 0.717) is 17.9 Å². The second-order valence-electron chi connectivity index (χ2n) is 4.85. The summed E-state index contributed by atoms with van der Waals surface area (Å²) in [5, 5.41) is 5.18. The molecule has 0 aliphatic rings. The molecule has 0 saturated carbocycles. The van der Waals surface area contributed by atoms with Crippen molar-refractivity contribution in [2.75, 3.05) is 24.3 Å². The van der Waals surface area contributed by atoms with Gasteiger partial charge in [-0.25, -0.2) is 4.79 Å². The highest BCUT2D eigenvalue weighted by Gasteiger charge is 2.08. The van der Waals surface area contributed by atoms with Gasteiger partial charge in [0.15, 0.2) is 0 Å². The lowest BCUT2D eigenvalue weighted by molar-refractivity contribution is -0.119. The first kappa shape index (κ1) is 19.0. The van der Waals surface area contributed by atoms with E-state index in [0.717, 1.165) is 12.8 Å². The summed E-state index contributed by atoms with van der Waals surface area (Å²) in [6.45, 7) is 2.65.